The van der Waals surface area contributed by atoms with Gasteiger partial charge in [0, 0.05) is 32.7 Å². The number of anilines is 2. The zero-order chi connectivity index (χ0) is 16.9. The summed E-state index contributed by atoms with van der Waals surface area (Å²) in [5, 5.41) is 11.5. The van der Waals surface area contributed by atoms with E-state index in [0.29, 0.717) is 39.3 Å². The summed E-state index contributed by atoms with van der Waals surface area (Å²) in [5.41, 5.74) is 0. The van der Waals surface area contributed by atoms with Crippen LogP contribution in [0, 0.1) is 0 Å². The van der Waals surface area contributed by atoms with E-state index >= 15 is 0 Å². The molecule has 0 atom stereocenters. The number of ether oxygens (including phenoxy) is 1. The van der Waals surface area contributed by atoms with E-state index in [0.717, 1.165) is 18.2 Å². The topological polar surface area (TPSA) is 90.9 Å². The van der Waals surface area contributed by atoms with Gasteiger partial charge in [-0.3, -0.25) is 9.69 Å². The number of hydrogen-bond donors (Lipinski definition) is 1. The third-order valence-electron chi connectivity index (χ3n) is 4.14. The van der Waals surface area contributed by atoms with Gasteiger partial charge in [-0.05, 0) is 19.1 Å². The molecule has 0 saturated carbocycles. The lowest BCUT2D eigenvalue weighted by Gasteiger charge is -2.35. The number of aromatic nitrogens is 2. The molecule has 3 rings (SSSR count). The van der Waals surface area contributed by atoms with Crippen molar-refractivity contribution in [2.75, 3.05) is 62.6 Å². The number of carbonyl (C=O) groups excluding carboxylic acids is 2. The minimum atomic E-state index is -0.405. The molecule has 1 aromatic heterocycles. The lowest BCUT2D eigenvalue weighted by atomic mass is 10.3. The Balaban J connectivity index is 1.49. The zero-order valence-electron chi connectivity index (χ0n) is 13.8. The molecule has 1 N–H and O–H groups in total. The average Bonchev–Trinajstić information content (AvgIpc) is 3.01. The van der Waals surface area contributed by atoms with Crippen molar-refractivity contribution in [2.45, 2.75) is 6.92 Å². The van der Waals surface area contributed by atoms with Crippen LogP contribution in [0.3, 0.4) is 0 Å². The monoisotopic (exact) mass is 334 g/mol. The Morgan fingerprint density at radius 2 is 2.00 bits per heavy atom. The fourth-order valence-corrected chi connectivity index (χ4v) is 2.79. The van der Waals surface area contributed by atoms with Gasteiger partial charge in [-0.2, -0.15) is 0 Å². The summed E-state index contributed by atoms with van der Waals surface area (Å²) >= 11 is 0. The van der Waals surface area contributed by atoms with Gasteiger partial charge in [0.1, 0.15) is 19.0 Å². The Labute approximate surface area is 140 Å². The van der Waals surface area contributed by atoms with Crippen molar-refractivity contribution < 1.29 is 14.3 Å². The van der Waals surface area contributed by atoms with Gasteiger partial charge in [-0.1, -0.05) is 0 Å². The molecule has 2 aliphatic rings. The summed E-state index contributed by atoms with van der Waals surface area (Å²) < 4.78 is 4.84. The molecule has 130 valence electrons. The molecule has 0 aromatic carbocycles. The van der Waals surface area contributed by atoms with Crippen molar-refractivity contribution >= 4 is 23.6 Å². The second-order valence-corrected chi connectivity index (χ2v) is 5.71. The molecule has 2 amide bonds. The van der Waals surface area contributed by atoms with Crippen LogP contribution in [0.1, 0.15) is 6.92 Å². The number of nitrogens with zero attached hydrogens (tertiary/aromatic N) is 5. The Morgan fingerprint density at radius 1 is 1.21 bits per heavy atom. The van der Waals surface area contributed by atoms with Gasteiger partial charge in [-0.25, -0.2) is 4.79 Å². The summed E-state index contributed by atoms with van der Waals surface area (Å²) in [5.74, 6) is 1.53. The molecule has 9 nitrogen and oxygen atoms in total. The molecule has 0 unspecified atom stereocenters. The minimum absolute atomic E-state index is 0.0397. The SMILES string of the molecule is CCNc1ccc(N2CCN(C(=O)CN3CCOC3=O)CC2)nn1. The summed E-state index contributed by atoms with van der Waals surface area (Å²) in [6, 6.07) is 3.84. The van der Waals surface area contributed by atoms with E-state index < -0.39 is 6.09 Å². The highest BCUT2D eigenvalue weighted by molar-refractivity contribution is 5.83. The summed E-state index contributed by atoms with van der Waals surface area (Å²) in [7, 11) is 0. The van der Waals surface area contributed by atoms with E-state index in [1.165, 1.54) is 4.90 Å². The second-order valence-electron chi connectivity index (χ2n) is 5.71. The number of hydrogen-bond acceptors (Lipinski definition) is 7. The largest absolute Gasteiger partial charge is 0.448 e. The van der Waals surface area contributed by atoms with E-state index in [9.17, 15) is 9.59 Å². The molecule has 2 saturated heterocycles. The lowest BCUT2D eigenvalue weighted by molar-refractivity contribution is -0.132. The van der Waals surface area contributed by atoms with E-state index in [2.05, 4.69) is 20.4 Å². The highest BCUT2D eigenvalue weighted by Gasteiger charge is 2.28. The maximum Gasteiger partial charge on any atom is 0.410 e. The zero-order valence-corrected chi connectivity index (χ0v) is 13.8. The maximum atomic E-state index is 12.3. The molecule has 0 spiro atoms. The quantitative estimate of drug-likeness (QED) is 0.811. The standard InChI is InChI=1S/C15H22N6O3/c1-2-16-12-3-4-13(18-17-12)19-5-7-20(8-6-19)14(22)11-21-9-10-24-15(21)23/h3-4H,2,5-11H2,1H3,(H,16,17). The van der Waals surface area contributed by atoms with Crippen LogP contribution in [0.5, 0.6) is 0 Å². The number of piperazine rings is 1. The fourth-order valence-electron chi connectivity index (χ4n) is 2.79. The first-order valence-electron chi connectivity index (χ1n) is 8.19. The smallest absolute Gasteiger partial charge is 0.410 e. The Morgan fingerprint density at radius 3 is 2.58 bits per heavy atom. The molecular formula is C15H22N6O3. The molecule has 9 heteroatoms. The summed E-state index contributed by atoms with van der Waals surface area (Å²) in [6.45, 7) is 6.37. The third kappa shape index (κ3) is 3.66. The van der Waals surface area contributed by atoms with Crippen molar-refractivity contribution in [1.29, 1.82) is 0 Å². The van der Waals surface area contributed by atoms with Crippen molar-refractivity contribution in [3.05, 3.63) is 12.1 Å². The number of cyclic esters (lactones) is 1. The first-order valence-corrected chi connectivity index (χ1v) is 8.19. The molecule has 3 heterocycles. The molecule has 0 aliphatic carbocycles. The Bertz CT molecular complexity index is 585. The number of carbonyl (C=O) groups is 2. The fraction of sp³-hybridized carbons (Fsp3) is 0.600. The number of nitrogens with one attached hydrogen (secondary N) is 1. The molecule has 0 bridgehead atoms. The predicted molar refractivity (Wildman–Crippen MR) is 87.9 cm³/mol. The third-order valence-corrected chi connectivity index (χ3v) is 4.14. The van der Waals surface area contributed by atoms with Crippen molar-refractivity contribution in [1.82, 2.24) is 20.0 Å². The van der Waals surface area contributed by atoms with Gasteiger partial charge < -0.3 is 19.9 Å². The van der Waals surface area contributed by atoms with E-state index in [4.69, 9.17) is 4.74 Å². The van der Waals surface area contributed by atoms with E-state index in [1.54, 1.807) is 4.90 Å². The van der Waals surface area contributed by atoms with Crippen molar-refractivity contribution in [3.63, 3.8) is 0 Å². The summed E-state index contributed by atoms with van der Waals surface area (Å²) in [6.07, 6.45) is -0.405. The molecule has 0 radical (unpaired) electrons. The normalized spacial score (nSPS) is 17.9. The maximum absolute atomic E-state index is 12.3. The van der Waals surface area contributed by atoms with Crippen molar-refractivity contribution in [3.8, 4) is 0 Å². The minimum Gasteiger partial charge on any atom is -0.448 e. The highest BCUT2D eigenvalue weighted by atomic mass is 16.6. The van der Waals surface area contributed by atoms with Gasteiger partial charge in [0.25, 0.3) is 0 Å². The second kappa shape index (κ2) is 7.33. The van der Waals surface area contributed by atoms with Crippen LogP contribution in [0.2, 0.25) is 0 Å². The van der Waals surface area contributed by atoms with Crippen LogP contribution < -0.4 is 10.2 Å². The predicted octanol–water partition coefficient (Wildman–Crippen LogP) is 0.00920. The van der Waals surface area contributed by atoms with Crippen LogP contribution in [-0.4, -0.2) is 84.4 Å². The molecular weight excluding hydrogens is 312 g/mol. The first-order chi connectivity index (χ1) is 11.7. The lowest BCUT2D eigenvalue weighted by Crippen LogP contribution is -2.51. The Hall–Kier alpha value is -2.58. The van der Waals surface area contributed by atoms with Gasteiger partial charge in [0.15, 0.2) is 5.82 Å². The van der Waals surface area contributed by atoms with E-state index in [1.807, 2.05) is 19.1 Å². The average molecular weight is 334 g/mol. The van der Waals surface area contributed by atoms with Gasteiger partial charge in [0.2, 0.25) is 5.91 Å². The van der Waals surface area contributed by atoms with Gasteiger partial charge in [-0.15, -0.1) is 10.2 Å². The van der Waals surface area contributed by atoms with Crippen LogP contribution in [-0.2, 0) is 9.53 Å². The number of amides is 2. The van der Waals surface area contributed by atoms with Crippen LogP contribution in [0.15, 0.2) is 12.1 Å². The highest BCUT2D eigenvalue weighted by Crippen LogP contribution is 2.14. The van der Waals surface area contributed by atoms with Gasteiger partial charge >= 0.3 is 6.09 Å². The Kier molecular flexibility index (Phi) is 4.97. The molecule has 2 fully saturated rings. The van der Waals surface area contributed by atoms with Crippen LogP contribution >= 0.6 is 0 Å². The first kappa shape index (κ1) is 16.3. The van der Waals surface area contributed by atoms with Crippen LogP contribution in [0.25, 0.3) is 0 Å². The van der Waals surface area contributed by atoms with Gasteiger partial charge in [0.05, 0.1) is 6.54 Å². The molecule has 2 aliphatic heterocycles. The van der Waals surface area contributed by atoms with Crippen molar-refractivity contribution in [2.24, 2.45) is 0 Å². The number of rotatable bonds is 5. The molecule has 1 aromatic rings. The van der Waals surface area contributed by atoms with E-state index in [-0.39, 0.29) is 12.5 Å². The van der Waals surface area contributed by atoms with Crippen LogP contribution in [0.4, 0.5) is 16.4 Å². The molecule has 24 heavy (non-hydrogen) atoms. The summed E-state index contributed by atoms with van der Waals surface area (Å²) in [4.78, 5) is 29.0.